The smallest absolute Gasteiger partial charge is 0.226 e. The second-order valence-corrected chi connectivity index (χ2v) is 8.31. The summed E-state index contributed by atoms with van der Waals surface area (Å²) >= 11 is 6.31. The molecule has 1 aliphatic heterocycles. The van der Waals surface area contributed by atoms with Crippen LogP contribution in [0.25, 0.3) is 0 Å². The van der Waals surface area contributed by atoms with Crippen LogP contribution in [0.2, 0.25) is 5.15 Å². The molecule has 1 saturated heterocycles. The van der Waals surface area contributed by atoms with E-state index in [4.69, 9.17) is 21.3 Å². The summed E-state index contributed by atoms with van der Waals surface area (Å²) in [7, 11) is 0. The first-order valence-corrected chi connectivity index (χ1v) is 9.62. The second kappa shape index (κ2) is 6.34. The Hall–Kier alpha value is -1.07. The molecule has 24 heavy (non-hydrogen) atoms. The molecular formula is C18H27ClN4O. The number of hydrogen-bond acceptors (Lipinski definition) is 5. The highest BCUT2D eigenvalue weighted by Crippen LogP contribution is 2.45. The summed E-state index contributed by atoms with van der Waals surface area (Å²) in [5, 5.41) is 4.17. The van der Waals surface area contributed by atoms with Gasteiger partial charge in [-0.3, -0.25) is 0 Å². The van der Waals surface area contributed by atoms with E-state index in [-0.39, 0.29) is 17.7 Å². The van der Waals surface area contributed by atoms with Gasteiger partial charge in [-0.1, -0.05) is 11.6 Å². The summed E-state index contributed by atoms with van der Waals surface area (Å²) in [6, 6.07) is 1.87. The van der Waals surface area contributed by atoms with Crippen LogP contribution in [0, 0.1) is 5.92 Å². The molecule has 0 spiro atoms. The summed E-state index contributed by atoms with van der Waals surface area (Å²) in [4.78, 5) is 11.5. The van der Waals surface area contributed by atoms with Gasteiger partial charge in [-0.05, 0) is 58.3 Å². The van der Waals surface area contributed by atoms with Gasteiger partial charge in [0.15, 0.2) is 0 Å². The Bertz CT molecular complexity index is 579. The summed E-state index contributed by atoms with van der Waals surface area (Å²) in [6.07, 6.45) is 8.09. The first kappa shape index (κ1) is 16.4. The molecule has 4 fully saturated rings. The average molecular weight is 351 g/mol. The van der Waals surface area contributed by atoms with Crippen molar-refractivity contribution < 1.29 is 4.74 Å². The van der Waals surface area contributed by atoms with Crippen LogP contribution in [0.1, 0.15) is 52.4 Å². The standard InChI is InChI=1S/C18H27ClN4O/c1-12-10-23(11-13(2)24-12)16-9-15(19)20-17(21-16)22-18-6-3-14(4-7-18)5-8-18/h9,12-14H,3-8,10-11H2,1-2H3,(H,20,21,22)/t12-,13+,14?,18?. The zero-order valence-corrected chi connectivity index (χ0v) is 15.4. The SMILES string of the molecule is C[C@@H]1CN(c2cc(Cl)nc(NC34CCC(CC3)CC4)n2)C[C@H](C)O1. The molecule has 4 aliphatic rings. The van der Waals surface area contributed by atoms with E-state index in [0.29, 0.717) is 11.1 Å². The number of hydrogen-bond donors (Lipinski definition) is 1. The molecule has 5 nitrogen and oxygen atoms in total. The minimum Gasteiger partial charge on any atom is -0.372 e. The van der Waals surface area contributed by atoms with Crippen molar-refractivity contribution in [1.29, 1.82) is 0 Å². The van der Waals surface area contributed by atoms with Gasteiger partial charge in [0.1, 0.15) is 11.0 Å². The van der Waals surface area contributed by atoms with Crippen molar-refractivity contribution >= 4 is 23.4 Å². The van der Waals surface area contributed by atoms with Crippen LogP contribution in [-0.2, 0) is 4.74 Å². The van der Waals surface area contributed by atoms with E-state index in [9.17, 15) is 0 Å². The summed E-state index contributed by atoms with van der Waals surface area (Å²) < 4.78 is 5.82. The summed E-state index contributed by atoms with van der Waals surface area (Å²) in [5.41, 5.74) is 0.183. The molecular weight excluding hydrogens is 324 g/mol. The lowest BCUT2D eigenvalue weighted by molar-refractivity contribution is -0.00546. The van der Waals surface area contributed by atoms with Crippen molar-refractivity contribution in [1.82, 2.24) is 9.97 Å². The Labute approximate surface area is 149 Å². The molecule has 2 atom stereocenters. The normalized spacial score (nSPS) is 36.0. The molecule has 3 saturated carbocycles. The van der Waals surface area contributed by atoms with E-state index in [2.05, 4.69) is 29.0 Å². The minimum absolute atomic E-state index is 0.183. The zero-order valence-electron chi connectivity index (χ0n) is 14.6. The van der Waals surface area contributed by atoms with Gasteiger partial charge in [0.2, 0.25) is 5.95 Å². The summed E-state index contributed by atoms with van der Waals surface area (Å²) in [5.74, 6) is 2.53. The van der Waals surface area contributed by atoms with Crippen LogP contribution in [0.3, 0.4) is 0 Å². The van der Waals surface area contributed by atoms with Crippen molar-refractivity contribution in [2.24, 2.45) is 5.92 Å². The third-order valence-electron chi connectivity index (χ3n) is 5.90. The Kier molecular flexibility index (Phi) is 4.33. The first-order valence-electron chi connectivity index (χ1n) is 9.24. The molecule has 0 amide bonds. The molecule has 5 rings (SSSR count). The molecule has 132 valence electrons. The monoisotopic (exact) mass is 350 g/mol. The third kappa shape index (κ3) is 3.33. The van der Waals surface area contributed by atoms with Crippen molar-refractivity contribution in [3.63, 3.8) is 0 Å². The quantitative estimate of drug-likeness (QED) is 0.838. The van der Waals surface area contributed by atoms with Crippen LogP contribution in [0.4, 0.5) is 11.8 Å². The molecule has 1 aromatic heterocycles. The molecule has 2 bridgehead atoms. The lowest BCUT2D eigenvalue weighted by atomic mass is 9.66. The number of ether oxygens (including phenoxy) is 1. The number of rotatable bonds is 3. The molecule has 6 heteroatoms. The minimum atomic E-state index is 0.183. The van der Waals surface area contributed by atoms with Crippen molar-refractivity contribution in [3.05, 3.63) is 11.2 Å². The maximum Gasteiger partial charge on any atom is 0.226 e. The third-order valence-corrected chi connectivity index (χ3v) is 6.09. The zero-order chi connectivity index (χ0) is 16.7. The van der Waals surface area contributed by atoms with Gasteiger partial charge in [0.05, 0.1) is 12.2 Å². The number of morpholine rings is 1. The predicted octanol–water partition coefficient (Wildman–Crippen LogP) is 3.88. The Balaban J connectivity index is 1.55. The number of nitrogens with zero attached hydrogens (tertiary/aromatic N) is 3. The van der Waals surface area contributed by atoms with Gasteiger partial charge in [-0.25, -0.2) is 4.98 Å². The lowest BCUT2D eigenvalue weighted by Gasteiger charge is -2.47. The van der Waals surface area contributed by atoms with E-state index >= 15 is 0 Å². The van der Waals surface area contributed by atoms with E-state index in [1.807, 2.05) is 6.07 Å². The molecule has 0 unspecified atom stereocenters. The number of anilines is 2. The van der Waals surface area contributed by atoms with Gasteiger partial charge in [0, 0.05) is 24.7 Å². The van der Waals surface area contributed by atoms with Crippen LogP contribution in [0.15, 0.2) is 6.07 Å². The highest BCUT2D eigenvalue weighted by atomic mass is 35.5. The fraction of sp³-hybridized carbons (Fsp3) is 0.778. The molecule has 1 aromatic rings. The van der Waals surface area contributed by atoms with Crippen LogP contribution in [-0.4, -0.2) is 40.8 Å². The van der Waals surface area contributed by atoms with Crippen LogP contribution in [0.5, 0.6) is 0 Å². The van der Waals surface area contributed by atoms with Gasteiger partial charge < -0.3 is 15.0 Å². The van der Waals surface area contributed by atoms with E-state index in [1.54, 1.807) is 0 Å². The first-order chi connectivity index (χ1) is 11.5. The Morgan fingerprint density at radius 3 is 2.38 bits per heavy atom. The predicted molar refractivity (Wildman–Crippen MR) is 96.8 cm³/mol. The molecule has 0 radical (unpaired) electrons. The number of aromatic nitrogens is 2. The van der Waals surface area contributed by atoms with E-state index in [1.165, 1.54) is 38.5 Å². The average Bonchev–Trinajstić information content (AvgIpc) is 2.54. The maximum atomic E-state index is 6.31. The molecule has 2 heterocycles. The topological polar surface area (TPSA) is 50.3 Å². The van der Waals surface area contributed by atoms with Crippen molar-refractivity contribution in [2.75, 3.05) is 23.3 Å². The maximum absolute atomic E-state index is 6.31. The number of nitrogens with one attached hydrogen (secondary N) is 1. The van der Waals surface area contributed by atoms with Gasteiger partial charge >= 0.3 is 0 Å². The largest absolute Gasteiger partial charge is 0.372 e. The van der Waals surface area contributed by atoms with Crippen molar-refractivity contribution in [3.8, 4) is 0 Å². The summed E-state index contributed by atoms with van der Waals surface area (Å²) in [6.45, 7) is 5.88. The fourth-order valence-corrected chi connectivity index (χ4v) is 4.84. The van der Waals surface area contributed by atoms with Gasteiger partial charge in [-0.15, -0.1) is 0 Å². The van der Waals surface area contributed by atoms with Gasteiger partial charge in [-0.2, -0.15) is 4.98 Å². The van der Waals surface area contributed by atoms with E-state index in [0.717, 1.165) is 24.8 Å². The van der Waals surface area contributed by atoms with Crippen LogP contribution >= 0.6 is 11.6 Å². The number of halogens is 1. The molecule has 1 N–H and O–H groups in total. The van der Waals surface area contributed by atoms with Crippen LogP contribution < -0.4 is 10.2 Å². The van der Waals surface area contributed by atoms with Gasteiger partial charge in [0.25, 0.3) is 0 Å². The Morgan fingerprint density at radius 1 is 1.12 bits per heavy atom. The van der Waals surface area contributed by atoms with E-state index < -0.39 is 0 Å². The Morgan fingerprint density at radius 2 is 1.75 bits per heavy atom. The molecule has 0 aromatic carbocycles. The second-order valence-electron chi connectivity index (χ2n) is 7.92. The lowest BCUT2D eigenvalue weighted by Crippen LogP contribution is -2.47. The highest BCUT2D eigenvalue weighted by Gasteiger charge is 2.40. The van der Waals surface area contributed by atoms with Crippen molar-refractivity contribution in [2.45, 2.75) is 70.1 Å². The highest BCUT2D eigenvalue weighted by molar-refractivity contribution is 6.29. The number of fused-ring (bicyclic) bond motifs is 3. The fourth-order valence-electron chi connectivity index (χ4n) is 4.66. The molecule has 3 aliphatic carbocycles.